The monoisotopic (exact) mass is 245 g/mol. The molecule has 4 heteroatoms. The quantitative estimate of drug-likeness (QED) is 0.740. The Labute approximate surface area is 106 Å². The Hall–Kier alpha value is -1.97. The molecule has 1 aromatic rings. The third-order valence-electron chi connectivity index (χ3n) is 3.39. The zero-order chi connectivity index (χ0) is 13.2. The first-order valence-corrected chi connectivity index (χ1v) is 5.90. The third kappa shape index (κ3) is 2.32. The van der Waals surface area contributed by atoms with Gasteiger partial charge in [-0.3, -0.25) is 14.5 Å². The molecular weight excluding hydrogens is 230 g/mol. The van der Waals surface area contributed by atoms with Crippen molar-refractivity contribution in [3.05, 3.63) is 35.4 Å². The van der Waals surface area contributed by atoms with E-state index < -0.39 is 5.41 Å². The number of amides is 2. The molecule has 0 aromatic heterocycles. The molecule has 0 spiro atoms. The van der Waals surface area contributed by atoms with Crippen LogP contribution in [-0.4, -0.2) is 30.0 Å². The van der Waals surface area contributed by atoms with Crippen molar-refractivity contribution in [3.8, 4) is 0 Å². The highest BCUT2D eigenvalue weighted by molar-refractivity contribution is 6.01. The maximum atomic E-state index is 12.2. The predicted molar refractivity (Wildman–Crippen MR) is 66.0 cm³/mol. The van der Waals surface area contributed by atoms with E-state index in [-0.39, 0.29) is 12.5 Å². The largest absolute Gasteiger partial charge is 0.303 e. The molecule has 1 aliphatic carbocycles. The number of imide groups is 1. The number of hydrogen-bond donors (Lipinski definition) is 0. The first-order chi connectivity index (χ1) is 8.62. The standard InChI is InChI=1S/C14H15NO3/c1-11-4-2-3-5-12(11)13(18)15(10-17)8-14(9-16)6-7-14/h2-5,9-10H,6-8H2,1H3. The van der Waals surface area contributed by atoms with Crippen molar-refractivity contribution in [1.82, 2.24) is 4.90 Å². The Balaban J connectivity index is 2.18. The van der Waals surface area contributed by atoms with E-state index in [0.29, 0.717) is 12.0 Å². The molecule has 0 heterocycles. The second-order valence-corrected chi connectivity index (χ2v) is 4.83. The van der Waals surface area contributed by atoms with Gasteiger partial charge in [-0.05, 0) is 31.4 Å². The van der Waals surface area contributed by atoms with Gasteiger partial charge in [-0.25, -0.2) is 0 Å². The van der Waals surface area contributed by atoms with Crippen LogP contribution < -0.4 is 0 Å². The van der Waals surface area contributed by atoms with Gasteiger partial charge in [0.2, 0.25) is 6.41 Å². The molecule has 0 saturated heterocycles. The highest BCUT2D eigenvalue weighted by atomic mass is 16.2. The summed E-state index contributed by atoms with van der Waals surface area (Å²) in [6, 6.07) is 7.11. The minimum atomic E-state index is -0.487. The summed E-state index contributed by atoms with van der Waals surface area (Å²) in [7, 11) is 0. The molecule has 1 aromatic carbocycles. The molecule has 0 atom stereocenters. The first-order valence-electron chi connectivity index (χ1n) is 5.90. The SMILES string of the molecule is Cc1ccccc1C(=O)N(C=O)CC1(C=O)CC1. The van der Waals surface area contributed by atoms with E-state index in [4.69, 9.17) is 0 Å². The maximum Gasteiger partial charge on any atom is 0.260 e. The Bertz CT molecular complexity index is 492. The Morgan fingerprint density at radius 2 is 2.00 bits per heavy atom. The van der Waals surface area contributed by atoms with E-state index in [1.54, 1.807) is 12.1 Å². The van der Waals surface area contributed by atoms with Gasteiger partial charge in [-0.1, -0.05) is 18.2 Å². The van der Waals surface area contributed by atoms with Crippen molar-refractivity contribution in [2.75, 3.05) is 6.54 Å². The van der Waals surface area contributed by atoms with Crippen molar-refractivity contribution in [1.29, 1.82) is 0 Å². The van der Waals surface area contributed by atoms with E-state index >= 15 is 0 Å². The van der Waals surface area contributed by atoms with Crippen LogP contribution in [0.5, 0.6) is 0 Å². The molecule has 0 unspecified atom stereocenters. The average Bonchev–Trinajstić information content (AvgIpc) is 3.16. The zero-order valence-corrected chi connectivity index (χ0v) is 10.3. The Kier molecular flexibility index (Phi) is 3.28. The summed E-state index contributed by atoms with van der Waals surface area (Å²) in [5.74, 6) is -0.337. The van der Waals surface area contributed by atoms with Gasteiger partial charge in [0.05, 0.1) is 0 Å². The van der Waals surface area contributed by atoms with Crippen LogP contribution in [-0.2, 0) is 9.59 Å². The van der Waals surface area contributed by atoms with E-state index in [2.05, 4.69) is 0 Å². The molecule has 0 bridgehead atoms. The number of aryl methyl sites for hydroxylation is 1. The topological polar surface area (TPSA) is 54.5 Å². The van der Waals surface area contributed by atoms with Gasteiger partial charge in [0, 0.05) is 17.5 Å². The fraction of sp³-hybridized carbons (Fsp3) is 0.357. The fourth-order valence-corrected chi connectivity index (χ4v) is 1.94. The van der Waals surface area contributed by atoms with Gasteiger partial charge in [-0.15, -0.1) is 0 Å². The normalized spacial score (nSPS) is 15.8. The van der Waals surface area contributed by atoms with Crippen molar-refractivity contribution in [3.63, 3.8) is 0 Å². The maximum absolute atomic E-state index is 12.2. The van der Waals surface area contributed by atoms with E-state index in [1.165, 1.54) is 0 Å². The van der Waals surface area contributed by atoms with Crippen LogP contribution >= 0.6 is 0 Å². The van der Waals surface area contributed by atoms with Crippen LogP contribution in [0.25, 0.3) is 0 Å². The minimum Gasteiger partial charge on any atom is -0.303 e. The van der Waals surface area contributed by atoms with Crippen molar-refractivity contribution in [2.45, 2.75) is 19.8 Å². The molecule has 18 heavy (non-hydrogen) atoms. The number of carbonyl (C=O) groups is 3. The highest BCUT2D eigenvalue weighted by Gasteiger charge is 2.45. The lowest BCUT2D eigenvalue weighted by atomic mass is 10.1. The van der Waals surface area contributed by atoms with E-state index in [9.17, 15) is 14.4 Å². The van der Waals surface area contributed by atoms with Gasteiger partial charge in [0.15, 0.2) is 0 Å². The number of rotatable bonds is 5. The molecule has 0 aliphatic heterocycles. The van der Waals surface area contributed by atoms with Gasteiger partial charge < -0.3 is 4.79 Å². The summed E-state index contributed by atoms with van der Waals surface area (Å²) in [4.78, 5) is 35.3. The number of nitrogens with zero attached hydrogens (tertiary/aromatic N) is 1. The lowest BCUT2D eigenvalue weighted by molar-refractivity contribution is -0.118. The molecule has 1 aliphatic rings. The summed E-state index contributed by atoms with van der Waals surface area (Å²) in [6.45, 7) is 2.01. The van der Waals surface area contributed by atoms with Gasteiger partial charge in [-0.2, -0.15) is 0 Å². The number of hydrogen-bond acceptors (Lipinski definition) is 3. The first kappa shape index (κ1) is 12.5. The molecule has 0 N–H and O–H groups in total. The van der Waals surface area contributed by atoms with Crippen LogP contribution in [0.2, 0.25) is 0 Å². The van der Waals surface area contributed by atoms with Crippen LogP contribution in [0.15, 0.2) is 24.3 Å². The molecule has 2 amide bonds. The lowest BCUT2D eigenvalue weighted by Gasteiger charge is -2.19. The summed E-state index contributed by atoms with van der Waals surface area (Å²) in [5.41, 5.74) is 0.843. The summed E-state index contributed by atoms with van der Waals surface area (Å²) in [6.07, 6.45) is 2.87. The molecule has 1 fully saturated rings. The van der Waals surface area contributed by atoms with Gasteiger partial charge in [0.25, 0.3) is 5.91 Å². The average molecular weight is 245 g/mol. The third-order valence-corrected chi connectivity index (χ3v) is 3.39. The molecular formula is C14H15NO3. The zero-order valence-electron chi connectivity index (χ0n) is 10.3. The van der Waals surface area contributed by atoms with Crippen LogP contribution in [0.3, 0.4) is 0 Å². The molecule has 1 saturated carbocycles. The fourth-order valence-electron chi connectivity index (χ4n) is 1.94. The van der Waals surface area contributed by atoms with Crippen LogP contribution in [0.1, 0.15) is 28.8 Å². The summed E-state index contributed by atoms with van der Waals surface area (Å²) >= 11 is 0. The van der Waals surface area contributed by atoms with E-state index in [1.807, 2.05) is 19.1 Å². The second-order valence-electron chi connectivity index (χ2n) is 4.83. The van der Waals surface area contributed by atoms with Gasteiger partial charge >= 0.3 is 0 Å². The Morgan fingerprint density at radius 3 is 2.50 bits per heavy atom. The Morgan fingerprint density at radius 1 is 1.33 bits per heavy atom. The predicted octanol–water partition coefficient (Wildman–Crippen LogP) is 1.57. The molecule has 94 valence electrons. The van der Waals surface area contributed by atoms with Crippen molar-refractivity contribution < 1.29 is 14.4 Å². The van der Waals surface area contributed by atoms with Crippen molar-refractivity contribution in [2.24, 2.45) is 5.41 Å². The molecule has 2 rings (SSSR count). The number of benzene rings is 1. The summed E-state index contributed by atoms with van der Waals surface area (Å²) in [5, 5.41) is 0. The lowest BCUT2D eigenvalue weighted by Crippen LogP contribution is -2.36. The molecule has 0 radical (unpaired) electrons. The smallest absolute Gasteiger partial charge is 0.260 e. The minimum absolute atomic E-state index is 0.188. The van der Waals surface area contributed by atoms with E-state index in [0.717, 1.165) is 29.6 Å². The molecule has 4 nitrogen and oxygen atoms in total. The van der Waals surface area contributed by atoms with Crippen molar-refractivity contribution >= 4 is 18.6 Å². The van der Waals surface area contributed by atoms with Crippen LogP contribution in [0, 0.1) is 12.3 Å². The van der Waals surface area contributed by atoms with Crippen LogP contribution in [0.4, 0.5) is 0 Å². The number of carbonyl (C=O) groups excluding carboxylic acids is 3. The van der Waals surface area contributed by atoms with Gasteiger partial charge in [0.1, 0.15) is 6.29 Å². The summed E-state index contributed by atoms with van der Waals surface area (Å²) < 4.78 is 0. The highest BCUT2D eigenvalue weighted by Crippen LogP contribution is 2.44. The second kappa shape index (κ2) is 4.72. The number of aldehydes is 1.